The first-order chi connectivity index (χ1) is 16.7. The fourth-order valence-corrected chi connectivity index (χ4v) is 3.70. The number of halogens is 1. The van der Waals surface area contributed by atoms with E-state index < -0.39 is 11.8 Å². The molecule has 3 aromatic heterocycles. The van der Waals surface area contributed by atoms with Crippen molar-refractivity contribution < 1.29 is 23.6 Å². The molecule has 0 radical (unpaired) electrons. The van der Waals surface area contributed by atoms with E-state index in [0.717, 1.165) is 11.1 Å². The fourth-order valence-electron chi connectivity index (χ4n) is 3.70. The average Bonchev–Trinajstić information content (AvgIpc) is 3.19. The lowest BCUT2D eigenvalue weighted by Gasteiger charge is -2.16. The third-order valence-corrected chi connectivity index (χ3v) is 5.75. The molecular weight excluding hydrogens is 453 g/mol. The molecule has 182 valence electrons. The predicted molar refractivity (Wildman–Crippen MR) is 126 cm³/mol. The van der Waals surface area contributed by atoms with Gasteiger partial charge in [0.2, 0.25) is 11.7 Å². The lowest BCUT2D eigenvalue weighted by molar-refractivity contribution is -0.0268. The monoisotopic (exact) mass is 479 g/mol. The number of nitrogens with zero attached hydrogens (tertiary/aromatic N) is 4. The molecule has 1 aromatic carbocycles. The van der Waals surface area contributed by atoms with Gasteiger partial charge in [0.25, 0.3) is 5.91 Å². The van der Waals surface area contributed by atoms with E-state index in [-0.39, 0.29) is 18.4 Å². The molecule has 1 aliphatic rings. The first-order valence-electron chi connectivity index (χ1n) is 11.3. The molecule has 10 heteroatoms. The second-order valence-electron chi connectivity index (χ2n) is 9.51. The molecule has 0 saturated heterocycles. The number of imidazole rings is 1. The summed E-state index contributed by atoms with van der Waals surface area (Å²) < 4.78 is 25.7. The summed E-state index contributed by atoms with van der Waals surface area (Å²) in [5.74, 6) is 0.0124. The lowest BCUT2D eigenvalue weighted by Crippen LogP contribution is -2.25. The van der Waals surface area contributed by atoms with Gasteiger partial charge in [-0.05, 0) is 56.5 Å². The molecule has 1 fully saturated rings. The van der Waals surface area contributed by atoms with E-state index in [1.165, 1.54) is 6.20 Å². The number of hydrogen-bond donors (Lipinski definition) is 2. The average molecular weight is 480 g/mol. The first kappa shape index (κ1) is 23.1. The molecule has 5 rings (SSSR count). The van der Waals surface area contributed by atoms with Crippen LogP contribution in [0.5, 0.6) is 0 Å². The molecule has 35 heavy (non-hydrogen) atoms. The summed E-state index contributed by atoms with van der Waals surface area (Å²) in [6.45, 7) is 5.78. The van der Waals surface area contributed by atoms with E-state index in [1.54, 1.807) is 30.5 Å². The number of fused-ring (bicyclic) bond motifs is 1. The van der Waals surface area contributed by atoms with Gasteiger partial charge in [-0.25, -0.2) is 9.37 Å². The number of rotatable bonds is 8. The first-order valence-corrected chi connectivity index (χ1v) is 11.3. The van der Waals surface area contributed by atoms with Gasteiger partial charge in [-0.1, -0.05) is 17.3 Å². The van der Waals surface area contributed by atoms with E-state index in [2.05, 4.69) is 20.4 Å². The number of benzene rings is 1. The van der Waals surface area contributed by atoms with Gasteiger partial charge in [0, 0.05) is 17.4 Å². The van der Waals surface area contributed by atoms with Crippen molar-refractivity contribution in [2.45, 2.75) is 51.5 Å². The van der Waals surface area contributed by atoms with E-state index in [9.17, 15) is 14.3 Å². The van der Waals surface area contributed by atoms with Gasteiger partial charge >= 0.3 is 0 Å². The number of ether oxygens (including phenoxy) is 1. The number of pyridine rings is 1. The Labute approximate surface area is 200 Å². The molecule has 0 bridgehead atoms. The number of nitrogens with one attached hydrogen (secondary N) is 1. The molecule has 0 spiro atoms. The highest BCUT2D eigenvalue weighted by molar-refractivity contribution is 6.04. The third kappa shape index (κ3) is 5.08. The normalized spacial score (nSPS) is 17.6. The summed E-state index contributed by atoms with van der Waals surface area (Å²) in [6.07, 6.45) is 2.77. The number of amides is 1. The lowest BCUT2D eigenvalue weighted by atomic mass is 10.1. The Morgan fingerprint density at radius 1 is 1.34 bits per heavy atom. The molecule has 1 amide bonds. The number of hydrogen-bond acceptors (Lipinski definition) is 7. The fraction of sp³-hybridized carbons (Fsp3) is 0.360. The van der Waals surface area contributed by atoms with Crippen LogP contribution in [0.2, 0.25) is 0 Å². The van der Waals surface area contributed by atoms with Crippen molar-refractivity contribution in [3.8, 4) is 11.4 Å². The Morgan fingerprint density at radius 2 is 2.14 bits per heavy atom. The van der Waals surface area contributed by atoms with Crippen LogP contribution in [0.3, 0.4) is 0 Å². The number of anilines is 1. The minimum Gasteiger partial charge on any atom is -0.388 e. The summed E-state index contributed by atoms with van der Waals surface area (Å²) >= 11 is 0. The topological polar surface area (TPSA) is 115 Å². The maximum Gasteiger partial charge on any atom is 0.274 e. The van der Waals surface area contributed by atoms with Gasteiger partial charge in [-0.3, -0.25) is 9.20 Å². The Kier molecular flexibility index (Phi) is 5.86. The minimum atomic E-state index is -0.919. The summed E-state index contributed by atoms with van der Waals surface area (Å²) in [7, 11) is 0. The Balaban J connectivity index is 1.31. The molecule has 2 atom stereocenters. The number of alkyl halides is 1. The van der Waals surface area contributed by atoms with Crippen molar-refractivity contribution >= 4 is 17.2 Å². The number of aryl methyl sites for hydroxylation is 1. The van der Waals surface area contributed by atoms with Crippen LogP contribution in [0, 0.1) is 6.92 Å². The van der Waals surface area contributed by atoms with Crippen LogP contribution in [0.4, 0.5) is 10.1 Å². The largest absolute Gasteiger partial charge is 0.388 e. The van der Waals surface area contributed by atoms with Crippen molar-refractivity contribution in [2.75, 3.05) is 11.9 Å². The standard InChI is InChI=1S/C25H26FN5O4/c1-14-4-5-16(22-29-24(35-30-22)17-10-18(17)26)9-19(14)28-23(32)20-11-27-21-8-15(6-7-31(20)21)12-34-13-25(2,3)33/h4-9,11,17-18,33H,10,12-13H2,1-3H3,(H,28,32)/t17-,18-/m1/s1. The maximum absolute atomic E-state index is 13.3. The number of carbonyl (C=O) groups is 1. The Hall–Kier alpha value is -3.63. The predicted octanol–water partition coefficient (Wildman–Crippen LogP) is 4.06. The molecule has 3 heterocycles. The highest BCUT2D eigenvalue weighted by Crippen LogP contribution is 2.43. The van der Waals surface area contributed by atoms with E-state index in [1.807, 2.05) is 31.2 Å². The van der Waals surface area contributed by atoms with E-state index in [0.29, 0.717) is 47.3 Å². The van der Waals surface area contributed by atoms with Gasteiger partial charge in [0.1, 0.15) is 17.5 Å². The van der Waals surface area contributed by atoms with Crippen molar-refractivity contribution in [3.63, 3.8) is 0 Å². The minimum absolute atomic E-state index is 0.209. The quantitative estimate of drug-likeness (QED) is 0.392. The van der Waals surface area contributed by atoms with E-state index >= 15 is 0 Å². The van der Waals surface area contributed by atoms with Crippen LogP contribution in [-0.4, -0.2) is 48.9 Å². The third-order valence-electron chi connectivity index (χ3n) is 5.75. The Morgan fingerprint density at radius 3 is 2.89 bits per heavy atom. The van der Waals surface area contributed by atoms with Gasteiger partial charge in [0.15, 0.2) is 0 Å². The summed E-state index contributed by atoms with van der Waals surface area (Å²) in [5.41, 5.74) is 3.07. The zero-order chi connectivity index (χ0) is 24.7. The zero-order valence-electron chi connectivity index (χ0n) is 19.7. The van der Waals surface area contributed by atoms with Crippen molar-refractivity contribution in [1.29, 1.82) is 0 Å². The number of carbonyl (C=O) groups excluding carboxylic acids is 1. The summed E-state index contributed by atoms with van der Waals surface area (Å²) in [6, 6.07) is 9.13. The second-order valence-corrected chi connectivity index (χ2v) is 9.51. The van der Waals surface area contributed by atoms with Crippen LogP contribution in [0.25, 0.3) is 17.0 Å². The number of aromatic nitrogens is 4. The maximum atomic E-state index is 13.3. The summed E-state index contributed by atoms with van der Waals surface area (Å²) in [5, 5.41) is 16.7. The molecule has 4 aromatic rings. The molecule has 2 N–H and O–H groups in total. The van der Waals surface area contributed by atoms with Gasteiger partial charge < -0.3 is 19.7 Å². The zero-order valence-corrected chi connectivity index (χ0v) is 19.7. The van der Waals surface area contributed by atoms with Gasteiger partial charge in [0.05, 0.1) is 30.9 Å². The van der Waals surface area contributed by atoms with Crippen LogP contribution in [-0.2, 0) is 11.3 Å². The number of aliphatic hydroxyl groups is 1. The van der Waals surface area contributed by atoms with Crippen LogP contribution < -0.4 is 5.32 Å². The van der Waals surface area contributed by atoms with Gasteiger partial charge in [-0.2, -0.15) is 4.98 Å². The molecule has 1 saturated carbocycles. The molecule has 0 unspecified atom stereocenters. The highest BCUT2D eigenvalue weighted by Gasteiger charge is 2.43. The highest BCUT2D eigenvalue weighted by atomic mass is 19.1. The van der Waals surface area contributed by atoms with Crippen molar-refractivity contribution in [2.24, 2.45) is 0 Å². The Bertz CT molecular complexity index is 1390. The second kappa shape index (κ2) is 8.86. The van der Waals surface area contributed by atoms with E-state index in [4.69, 9.17) is 9.26 Å². The molecular formula is C25H26FN5O4. The van der Waals surface area contributed by atoms with Crippen molar-refractivity contribution in [1.82, 2.24) is 19.5 Å². The molecule has 9 nitrogen and oxygen atoms in total. The van der Waals surface area contributed by atoms with Crippen LogP contribution in [0.15, 0.2) is 47.2 Å². The van der Waals surface area contributed by atoms with Crippen LogP contribution in [0.1, 0.15) is 53.7 Å². The molecule has 0 aliphatic heterocycles. The smallest absolute Gasteiger partial charge is 0.274 e. The molecule has 1 aliphatic carbocycles. The van der Waals surface area contributed by atoms with Gasteiger partial charge in [-0.15, -0.1) is 0 Å². The SMILES string of the molecule is Cc1ccc(-c2noc([C@@H]3C[C@H]3F)n2)cc1NC(=O)c1cnc2cc(COCC(C)(C)O)ccn12. The van der Waals surface area contributed by atoms with Crippen LogP contribution >= 0.6 is 0 Å². The van der Waals surface area contributed by atoms with Crippen molar-refractivity contribution in [3.05, 3.63) is 65.4 Å². The summed E-state index contributed by atoms with van der Waals surface area (Å²) in [4.78, 5) is 21.7.